The summed E-state index contributed by atoms with van der Waals surface area (Å²) in [5, 5.41) is 15.5. The minimum absolute atomic E-state index is 0.136. The Morgan fingerprint density at radius 3 is 2.45 bits per heavy atom. The van der Waals surface area contributed by atoms with Crippen LogP contribution >= 0.6 is 11.6 Å². The smallest absolute Gasteiger partial charge is 0.353 e. The van der Waals surface area contributed by atoms with Gasteiger partial charge in [-0.25, -0.2) is 9.97 Å². The lowest BCUT2D eigenvalue weighted by molar-refractivity contribution is -0.383. The number of aryl methyl sites for hydroxylation is 1. The van der Waals surface area contributed by atoms with Crippen LogP contribution in [0.25, 0.3) is 0 Å². The number of nitro groups is 1. The highest BCUT2D eigenvalue weighted by Gasteiger charge is 2.29. The van der Waals surface area contributed by atoms with Crippen LogP contribution in [0.5, 0.6) is 0 Å². The van der Waals surface area contributed by atoms with E-state index in [0.29, 0.717) is 29.6 Å². The molecule has 2 heterocycles. The summed E-state index contributed by atoms with van der Waals surface area (Å²) in [7, 11) is 0. The molecule has 9 heteroatoms. The molecule has 8 nitrogen and oxygen atoms in total. The Hall–Kier alpha value is -3.39. The number of halogens is 1. The van der Waals surface area contributed by atoms with E-state index in [2.05, 4.69) is 52.2 Å². The maximum atomic E-state index is 11.9. The number of aromatic nitrogens is 2. The number of nitrogens with zero attached hydrogens (tertiary/aromatic N) is 5. The maximum absolute atomic E-state index is 11.9. The SMILES string of the molecule is Cc1cccc(N2CCN(c3ncnc(Nc4cccc(Cl)c4)c3[N+](=O)[O-])CC2)c1C. The van der Waals surface area contributed by atoms with Gasteiger partial charge in [-0.2, -0.15) is 0 Å². The van der Waals surface area contributed by atoms with E-state index in [4.69, 9.17) is 11.6 Å². The second-order valence-electron chi connectivity index (χ2n) is 7.48. The maximum Gasteiger partial charge on any atom is 0.353 e. The van der Waals surface area contributed by atoms with E-state index in [1.54, 1.807) is 24.3 Å². The van der Waals surface area contributed by atoms with Crippen molar-refractivity contribution >= 4 is 40.3 Å². The molecule has 0 atom stereocenters. The number of nitrogens with one attached hydrogen (secondary N) is 1. The molecule has 0 unspecified atom stereocenters. The van der Waals surface area contributed by atoms with E-state index in [0.717, 1.165) is 13.1 Å². The summed E-state index contributed by atoms with van der Waals surface area (Å²) in [4.78, 5) is 24.1. The molecule has 3 aromatic rings. The third-order valence-electron chi connectivity index (χ3n) is 5.57. The molecule has 0 saturated carbocycles. The topological polar surface area (TPSA) is 87.4 Å². The van der Waals surface area contributed by atoms with Gasteiger partial charge in [-0.3, -0.25) is 10.1 Å². The molecule has 1 aliphatic rings. The van der Waals surface area contributed by atoms with Crippen molar-refractivity contribution < 1.29 is 4.92 Å². The number of hydrogen-bond donors (Lipinski definition) is 1. The zero-order valence-electron chi connectivity index (χ0n) is 17.4. The van der Waals surface area contributed by atoms with Gasteiger partial charge >= 0.3 is 5.69 Å². The Morgan fingerprint density at radius 2 is 1.74 bits per heavy atom. The fraction of sp³-hybridized carbons (Fsp3) is 0.273. The van der Waals surface area contributed by atoms with Crippen LogP contribution in [0.4, 0.5) is 28.7 Å². The predicted molar refractivity (Wildman–Crippen MR) is 124 cm³/mol. The van der Waals surface area contributed by atoms with Gasteiger partial charge in [0.1, 0.15) is 6.33 Å². The number of piperazine rings is 1. The summed E-state index contributed by atoms with van der Waals surface area (Å²) in [5.74, 6) is 0.472. The Bertz CT molecular complexity index is 1110. The second-order valence-corrected chi connectivity index (χ2v) is 7.92. The molecule has 0 amide bonds. The van der Waals surface area contributed by atoms with Crippen LogP contribution in [0.2, 0.25) is 5.02 Å². The first-order chi connectivity index (χ1) is 14.9. The Labute approximate surface area is 185 Å². The zero-order chi connectivity index (χ0) is 22.0. The zero-order valence-corrected chi connectivity index (χ0v) is 18.1. The molecule has 1 aromatic heterocycles. The fourth-order valence-electron chi connectivity index (χ4n) is 3.80. The van der Waals surface area contributed by atoms with Gasteiger partial charge in [0.05, 0.1) is 4.92 Å². The van der Waals surface area contributed by atoms with Gasteiger partial charge < -0.3 is 15.1 Å². The van der Waals surface area contributed by atoms with Crippen LogP contribution in [0.15, 0.2) is 48.8 Å². The molecular weight excluding hydrogens is 416 g/mol. The van der Waals surface area contributed by atoms with E-state index in [-0.39, 0.29) is 11.5 Å². The van der Waals surface area contributed by atoms with E-state index in [9.17, 15) is 10.1 Å². The van der Waals surface area contributed by atoms with Crippen LogP contribution in [0.1, 0.15) is 11.1 Å². The number of rotatable bonds is 5. The summed E-state index contributed by atoms with van der Waals surface area (Å²) in [6.07, 6.45) is 1.35. The molecular formula is C22H23ClN6O2. The first-order valence-corrected chi connectivity index (χ1v) is 10.4. The molecule has 0 bridgehead atoms. The highest BCUT2D eigenvalue weighted by Crippen LogP contribution is 2.35. The molecule has 1 saturated heterocycles. The van der Waals surface area contributed by atoms with Gasteiger partial charge in [-0.15, -0.1) is 0 Å². The molecule has 0 spiro atoms. The van der Waals surface area contributed by atoms with Gasteiger partial charge in [0.15, 0.2) is 0 Å². The second kappa shape index (κ2) is 8.77. The average Bonchev–Trinajstić information content (AvgIpc) is 2.75. The molecule has 160 valence electrons. The molecule has 4 rings (SSSR count). The highest BCUT2D eigenvalue weighted by molar-refractivity contribution is 6.30. The highest BCUT2D eigenvalue weighted by atomic mass is 35.5. The van der Waals surface area contributed by atoms with Gasteiger partial charge in [-0.1, -0.05) is 29.8 Å². The third kappa shape index (κ3) is 4.39. The van der Waals surface area contributed by atoms with E-state index >= 15 is 0 Å². The lowest BCUT2D eigenvalue weighted by Gasteiger charge is -2.37. The standard InChI is InChI=1S/C22H23ClN6O2/c1-15-5-3-8-19(16(15)2)27-9-11-28(12-10-27)22-20(29(30)31)21(24-14-25-22)26-18-7-4-6-17(23)13-18/h3-8,13-14H,9-12H2,1-2H3,(H,24,25,26). The van der Waals surface area contributed by atoms with Crippen LogP contribution in [0, 0.1) is 24.0 Å². The summed E-state index contributed by atoms with van der Waals surface area (Å²) in [6.45, 7) is 6.99. The molecule has 1 aliphatic heterocycles. The summed E-state index contributed by atoms with van der Waals surface area (Å²) < 4.78 is 0. The number of anilines is 4. The van der Waals surface area contributed by atoms with Crippen molar-refractivity contribution in [1.29, 1.82) is 0 Å². The van der Waals surface area contributed by atoms with Gasteiger partial charge in [-0.05, 0) is 49.2 Å². The van der Waals surface area contributed by atoms with E-state index in [1.807, 2.05) is 4.90 Å². The van der Waals surface area contributed by atoms with Crippen molar-refractivity contribution in [2.45, 2.75) is 13.8 Å². The summed E-state index contributed by atoms with van der Waals surface area (Å²) >= 11 is 6.03. The van der Waals surface area contributed by atoms with Crippen molar-refractivity contribution in [2.24, 2.45) is 0 Å². The number of benzene rings is 2. The third-order valence-corrected chi connectivity index (χ3v) is 5.80. The van der Waals surface area contributed by atoms with Gasteiger partial charge in [0.2, 0.25) is 11.6 Å². The lowest BCUT2D eigenvalue weighted by Crippen LogP contribution is -2.47. The lowest BCUT2D eigenvalue weighted by atomic mass is 10.1. The molecule has 0 radical (unpaired) electrons. The van der Waals surface area contributed by atoms with E-state index in [1.165, 1.54) is 23.1 Å². The monoisotopic (exact) mass is 438 g/mol. The Kier molecular flexibility index (Phi) is 5.90. The van der Waals surface area contributed by atoms with Gasteiger partial charge in [0.25, 0.3) is 0 Å². The van der Waals surface area contributed by atoms with Crippen molar-refractivity contribution in [3.63, 3.8) is 0 Å². The Morgan fingerprint density at radius 1 is 1.03 bits per heavy atom. The molecule has 1 fully saturated rings. The van der Waals surface area contributed by atoms with Crippen molar-refractivity contribution in [3.05, 3.63) is 75.1 Å². The molecule has 1 N–H and O–H groups in total. The van der Waals surface area contributed by atoms with Gasteiger partial charge in [0, 0.05) is 42.6 Å². The average molecular weight is 439 g/mol. The van der Waals surface area contributed by atoms with Crippen molar-refractivity contribution in [2.75, 3.05) is 41.3 Å². The fourth-order valence-corrected chi connectivity index (χ4v) is 3.99. The largest absolute Gasteiger partial charge is 0.368 e. The first kappa shape index (κ1) is 20.9. The van der Waals surface area contributed by atoms with E-state index < -0.39 is 4.92 Å². The van der Waals surface area contributed by atoms with Crippen LogP contribution in [-0.4, -0.2) is 41.1 Å². The van der Waals surface area contributed by atoms with Crippen molar-refractivity contribution in [1.82, 2.24) is 9.97 Å². The van der Waals surface area contributed by atoms with Crippen LogP contribution in [-0.2, 0) is 0 Å². The van der Waals surface area contributed by atoms with Crippen LogP contribution < -0.4 is 15.1 Å². The summed E-state index contributed by atoms with van der Waals surface area (Å²) in [5.41, 5.74) is 4.21. The van der Waals surface area contributed by atoms with Crippen LogP contribution in [0.3, 0.4) is 0 Å². The minimum Gasteiger partial charge on any atom is -0.368 e. The molecule has 0 aliphatic carbocycles. The molecule has 2 aromatic carbocycles. The normalized spacial score (nSPS) is 13.9. The number of hydrogen-bond acceptors (Lipinski definition) is 7. The minimum atomic E-state index is -0.431. The predicted octanol–water partition coefficient (Wildman–Crippen LogP) is 4.73. The van der Waals surface area contributed by atoms with Crippen molar-refractivity contribution in [3.8, 4) is 0 Å². The first-order valence-electron chi connectivity index (χ1n) is 10.0. The molecule has 31 heavy (non-hydrogen) atoms. The Balaban J connectivity index is 1.57. The quantitative estimate of drug-likeness (QED) is 0.455. The summed E-state index contributed by atoms with van der Waals surface area (Å²) in [6, 6.07) is 13.3.